The lowest BCUT2D eigenvalue weighted by Crippen LogP contribution is -2.07. The number of esters is 1. The topological polar surface area (TPSA) is 86.5 Å². The Kier molecular flexibility index (Phi) is 5.66. The van der Waals surface area contributed by atoms with Crippen LogP contribution in [0.4, 0.5) is 5.69 Å². The molecule has 1 aromatic rings. The first-order valence-corrected chi connectivity index (χ1v) is 5.93. The fourth-order valence-electron chi connectivity index (χ4n) is 1.46. The summed E-state index contributed by atoms with van der Waals surface area (Å²) in [7, 11) is 0. The number of unbranched alkanes of at least 4 members (excludes halogenated alkanes) is 1. The number of hydrogen-bond acceptors (Lipinski definition) is 5. The first kappa shape index (κ1) is 14.8. The summed E-state index contributed by atoms with van der Waals surface area (Å²) in [6.07, 6.45) is 1.94. The minimum Gasteiger partial charge on any atom is -0.427 e. The smallest absolute Gasteiger partial charge is 0.311 e. The van der Waals surface area contributed by atoms with Gasteiger partial charge < -0.3 is 9.53 Å². The van der Waals surface area contributed by atoms with E-state index >= 15 is 0 Å². The number of nitro groups is 1. The first-order chi connectivity index (χ1) is 8.99. The number of non-ortho nitro benzene ring substituents is 1. The van der Waals surface area contributed by atoms with E-state index in [1.54, 1.807) is 0 Å². The summed E-state index contributed by atoms with van der Waals surface area (Å²) in [5.74, 6) is -0.0247. The van der Waals surface area contributed by atoms with E-state index in [9.17, 15) is 19.7 Å². The third-order valence-corrected chi connectivity index (χ3v) is 2.44. The van der Waals surface area contributed by atoms with Crippen LogP contribution in [0.1, 0.15) is 32.6 Å². The van der Waals surface area contributed by atoms with Gasteiger partial charge in [-0.2, -0.15) is 0 Å². The van der Waals surface area contributed by atoms with Crippen LogP contribution in [0.3, 0.4) is 0 Å². The molecule has 0 radical (unpaired) electrons. The largest absolute Gasteiger partial charge is 0.427 e. The van der Waals surface area contributed by atoms with E-state index in [1.807, 2.05) is 0 Å². The molecule has 0 aromatic heterocycles. The minimum absolute atomic E-state index is 0.0544. The number of benzene rings is 1. The molecular weight excluding hydrogens is 250 g/mol. The van der Waals surface area contributed by atoms with E-state index in [0.717, 1.165) is 0 Å². The van der Waals surface area contributed by atoms with Gasteiger partial charge in [-0.3, -0.25) is 14.9 Å². The van der Waals surface area contributed by atoms with Crippen LogP contribution in [0.15, 0.2) is 24.3 Å². The van der Waals surface area contributed by atoms with Gasteiger partial charge in [-0.25, -0.2) is 0 Å². The van der Waals surface area contributed by atoms with E-state index in [0.29, 0.717) is 19.3 Å². The molecule has 6 heteroatoms. The number of ether oxygens (including phenoxy) is 1. The van der Waals surface area contributed by atoms with Gasteiger partial charge in [0, 0.05) is 25.0 Å². The van der Waals surface area contributed by atoms with Crippen LogP contribution in [-0.2, 0) is 9.59 Å². The lowest BCUT2D eigenvalue weighted by atomic mass is 10.1. The first-order valence-electron chi connectivity index (χ1n) is 5.93. The van der Waals surface area contributed by atoms with Gasteiger partial charge in [0.1, 0.15) is 11.5 Å². The third kappa shape index (κ3) is 5.76. The average molecular weight is 265 g/mol. The molecule has 0 heterocycles. The summed E-state index contributed by atoms with van der Waals surface area (Å²) in [5.41, 5.74) is -0.0544. The Bertz CT molecular complexity index is 466. The van der Waals surface area contributed by atoms with Gasteiger partial charge in [0.15, 0.2) is 0 Å². The number of carbonyl (C=O) groups is 2. The van der Waals surface area contributed by atoms with Crippen LogP contribution in [0.5, 0.6) is 5.75 Å². The van der Waals surface area contributed by atoms with Crippen LogP contribution in [0.2, 0.25) is 0 Å². The van der Waals surface area contributed by atoms with Crippen molar-refractivity contribution in [3.05, 3.63) is 34.4 Å². The van der Waals surface area contributed by atoms with E-state index < -0.39 is 10.9 Å². The molecule has 6 nitrogen and oxygen atoms in total. The Balaban J connectivity index is 2.35. The van der Waals surface area contributed by atoms with Crippen LogP contribution in [0, 0.1) is 10.1 Å². The highest BCUT2D eigenvalue weighted by atomic mass is 16.6. The van der Waals surface area contributed by atoms with Crippen molar-refractivity contribution in [2.75, 3.05) is 0 Å². The standard InChI is InChI=1S/C13H15NO5/c1-10(15)4-2-3-5-13(16)19-12-8-6-11(7-9-12)14(17)18/h6-9H,2-5H2,1H3. The van der Waals surface area contributed by atoms with Crippen molar-refractivity contribution < 1.29 is 19.2 Å². The molecule has 0 aliphatic rings. The highest BCUT2D eigenvalue weighted by Gasteiger charge is 2.08. The maximum atomic E-state index is 11.4. The molecule has 1 aromatic carbocycles. The second kappa shape index (κ2) is 7.25. The van der Waals surface area contributed by atoms with Crippen LogP contribution in [0.25, 0.3) is 0 Å². The quantitative estimate of drug-likeness (QED) is 0.249. The number of nitro benzene ring substituents is 1. The normalized spacial score (nSPS) is 9.95. The summed E-state index contributed by atoms with van der Waals surface area (Å²) < 4.78 is 5.01. The number of Topliss-reactive ketones (excluding diaryl/α,β-unsaturated/α-hetero) is 1. The molecule has 0 bridgehead atoms. The van der Waals surface area contributed by atoms with Crippen LogP contribution in [-0.4, -0.2) is 16.7 Å². The lowest BCUT2D eigenvalue weighted by Gasteiger charge is -2.03. The summed E-state index contributed by atoms with van der Waals surface area (Å²) in [5, 5.41) is 10.4. The van der Waals surface area contributed by atoms with Crippen molar-refractivity contribution in [3.8, 4) is 5.75 Å². The number of rotatable bonds is 7. The molecule has 0 N–H and O–H groups in total. The maximum absolute atomic E-state index is 11.4. The van der Waals surface area contributed by atoms with Crippen molar-refractivity contribution >= 4 is 17.4 Å². The van der Waals surface area contributed by atoms with Crippen LogP contribution < -0.4 is 4.74 Å². The molecule has 19 heavy (non-hydrogen) atoms. The maximum Gasteiger partial charge on any atom is 0.311 e. The van der Waals surface area contributed by atoms with Crippen LogP contribution >= 0.6 is 0 Å². The molecule has 0 amide bonds. The summed E-state index contributed by atoms with van der Waals surface area (Å²) in [6, 6.07) is 5.31. The van der Waals surface area contributed by atoms with Gasteiger partial charge in [0.05, 0.1) is 4.92 Å². The monoisotopic (exact) mass is 265 g/mol. The Labute approximate surface area is 110 Å². The van der Waals surface area contributed by atoms with Gasteiger partial charge in [-0.05, 0) is 31.9 Å². The molecule has 0 fully saturated rings. The van der Waals surface area contributed by atoms with E-state index in [4.69, 9.17) is 4.74 Å². The molecule has 0 saturated heterocycles. The van der Waals surface area contributed by atoms with E-state index in [-0.39, 0.29) is 23.6 Å². The number of carbonyl (C=O) groups excluding carboxylic acids is 2. The van der Waals surface area contributed by atoms with Crippen molar-refractivity contribution in [1.29, 1.82) is 0 Å². The van der Waals surface area contributed by atoms with Gasteiger partial charge in [0.25, 0.3) is 5.69 Å². The fourth-order valence-corrected chi connectivity index (χ4v) is 1.46. The summed E-state index contributed by atoms with van der Waals surface area (Å²) >= 11 is 0. The average Bonchev–Trinajstić information content (AvgIpc) is 2.35. The highest BCUT2D eigenvalue weighted by molar-refractivity contribution is 5.75. The van der Waals surface area contributed by atoms with E-state index in [2.05, 4.69) is 0 Å². The molecule has 1 rings (SSSR count). The van der Waals surface area contributed by atoms with Crippen molar-refractivity contribution in [2.24, 2.45) is 0 Å². The third-order valence-electron chi connectivity index (χ3n) is 2.44. The number of ketones is 1. The molecule has 0 atom stereocenters. The SMILES string of the molecule is CC(=O)CCCCC(=O)Oc1ccc([N+](=O)[O-])cc1. The van der Waals surface area contributed by atoms with Gasteiger partial charge in [-0.1, -0.05) is 0 Å². The molecule has 0 spiro atoms. The molecular formula is C13H15NO5. The van der Waals surface area contributed by atoms with Crippen molar-refractivity contribution in [2.45, 2.75) is 32.6 Å². The molecule has 102 valence electrons. The Morgan fingerprint density at radius 3 is 2.26 bits per heavy atom. The zero-order valence-electron chi connectivity index (χ0n) is 10.6. The zero-order chi connectivity index (χ0) is 14.3. The van der Waals surface area contributed by atoms with Gasteiger partial charge in [0.2, 0.25) is 0 Å². The van der Waals surface area contributed by atoms with Crippen molar-refractivity contribution in [1.82, 2.24) is 0 Å². The summed E-state index contributed by atoms with van der Waals surface area (Å²) in [4.78, 5) is 32.0. The predicted octanol–water partition coefficient (Wildman–Crippen LogP) is 2.65. The second-order valence-electron chi connectivity index (χ2n) is 4.13. The highest BCUT2D eigenvalue weighted by Crippen LogP contribution is 2.18. The second-order valence-corrected chi connectivity index (χ2v) is 4.13. The minimum atomic E-state index is -0.520. The molecule has 0 saturated carbocycles. The van der Waals surface area contributed by atoms with Gasteiger partial charge >= 0.3 is 5.97 Å². The lowest BCUT2D eigenvalue weighted by molar-refractivity contribution is -0.384. The Morgan fingerprint density at radius 2 is 1.74 bits per heavy atom. The Morgan fingerprint density at radius 1 is 1.16 bits per heavy atom. The Hall–Kier alpha value is -2.24. The van der Waals surface area contributed by atoms with E-state index in [1.165, 1.54) is 31.2 Å². The summed E-state index contributed by atoms with van der Waals surface area (Å²) in [6.45, 7) is 1.51. The zero-order valence-corrected chi connectivity index (χ0v) is 10.6. The molecule has 0 unspecified atom stereocenters. The number of hydrogen-bond donors (Lipinski definition) is 0. The fraction of sp³-hybridized carbons (Fsp3) is 0.385. The number of nitrogens with zero attached hydrogens (tertiary/aromatic N) is 1. The predicted molar refractivity (Wildman–Crippen MR) is 67.9 cm³/mol. The van der Waals surface area contributed by atoms with Gasteiger partial charge in [-0.15, -0.1) is 0 Å². The van der Waals surface area contributed by atoms with Crippen molar-refractivity contribution in [3.63, 3.8) is 0 Å². The molecule has 0 aliphatic heterocycles. The molecule has 0 aliphatic carbocycles.